The lowest BCUT2D eigenvalue weighted by molar-refractivity contribution is -0.254. The Labute approximate surface area is 398 Å². The van der Waals surface area contributed by atoms with Crippen molar-refractivity contribution in [3.05, 3.63) is 150 Å². The first-order valence-electron chi connectivity index (χ1n) is 23.5. The van der Waals surface area contributed by atoms with Gasteiger partial charge in [0.25, 0.3) is 5.91 Å². The van der Waals surface area contributed by atoms with Crippen LogP contribution in [-0.4, -0.2) is 102 Å². The van der Waals surface area contributed by atoms with E-state index in [-0.39, 0.29) is 82.9 Å². The minimum absolute atomic E-state index is 0.0260. The molecule has 0 spiro atoms. The molecule has 0 aromatic heterocycles. The molecule has 4 aromatic carbocycles. The number of unbranched alkanes of at least 4 members (excludes halogenated alkanes) is 2. The zero-order valence-corrected chi connectivity index (χ0v) is 38.9. The van der Waals surface area contributed by atoms with Crippen LogP contribution in [0.15, 0.2) is 137 Å². The summed E-state index contributed by atoms with van der Waals surface area (Å²) in [5.41, 5.74) is 4.30. The van der Waals surface area contributed by atoms with Gasteiger partial charge in [-0.2, -0.15) is 5.26 Å². The molecule has 0 bridgehead atoms. The zero-order chi connectivity index (χ0) is 46.9. The number of hydrogen-bond donors (Lipinski definition) is 3. The maximum Gasteiger partial charge on any atom is 0.254 e. The molecule has 7 rings (SSSR count). The number of nitrogens with zero attached hydrogens (tertiary/aromatic N) is 3. The van der Waals surface area contributed by atoms with Gasteiger partial charge in [-0.1, -0.05) is 78.7 Å². The molecular weight excluding hydrogens is 867 g/mol. The molecule has 0 saturated heterocycles. The summed E-state index contributed by atoms with van der Waals surface area (Å²) in [6.45, 7) is 5.17. The molecular formula is C54H63N3O9S. The Bertz CT molecular complexity index is 2300. The molecule has 1 heterocycles. The van der Waals surface area contributed by atoms with Crippen molar-refractivity contribution < 1.29 is 43.9 Å². The van der Waals surface area contributed by atoms with Gasteiger partial charge in [-0.25, -0.2) is 0 Å². The molecule has 13 heteroatoms. The van der Waals surface area contributed by atoms with Gasteiger partial charge in [0.2, 0.25) is 5.79 Å². The summed E-state index contributed by atoms with van der Waals surface area (Å²) in [5.74, 6) is -0.417. The van der Waals surface area contributed by atoms with Crippen LogP contribution >= 0.6 is 11.8 Å². The maximum atomic E-state index is 15.2. The zero-order valence-electron chi connectivity index (χ0n) is 38.1. The van der Waals surface area contributed by atoms with E-state index in [1.807, 2.05) is 60.7 Å². The van der Waals surface area contributed by atoms with Crippen molar-refractivity contribution >= 4 is 23.4 Å². The van der Waals surface area contributed by atoms with Gasteiger partial charge in [-0.05, 0) is 103 Å². The molecule has 0 radical (unpaired) electrons. The second-order valence-corrected chi connectivity index (χ2v) is 18.2. The van der Waals surface area contributed by atoms with Crippen LogP contribution in [-0.2, 0) is 20.9 Å². The molecule has 3 aliphatic rings. The minimum Gasteiger partial charge on any atom is -0.493 e. The van der Waals surface area contributed by atoms with E-state index in [2.05, 4.69) is 36.9 Å². The number of amides is 1. The number of allylic oxidation sites excluding steroid dienone is 1. The van der Waals surface area contributed by atoms with Crippen molar-refractivity contribution in [3.8, 4) is 17.6 Å². The summed E-state index contributed by atoms with van der Waals surface area (Å²) in [6.07, 6.45) is 8.70. The van der Waals surface area contributed by atoms with Crippen LogP contribution in [0.5, 0.6) is 11.5 Å². The van der Waals surface area contributed by atoms with Gasteiger partial charge >= 0.3 is 0 Å². The number of aliphatic hydroxyl groups excluding tert-OH is 3. The lowest BCUT2D eigenvalue weighted by Gasteiger charge is -2.60. The van der Waals surface area contributed by atoms with Crippen LogP contribution in [0, 0.1) is 29.1 Å². The van der Waals surface area contributed by atoms with E-state index in [1.54, 1.807) is 47.0 Å². The molecule has 2 aliphatic carbocycles. The normalized spacial score (nSPS) is 22.1. The highest BCUT2D eigenvalue weighted by molar-refractivity contribution is 7.99. The van der Waals surface area contributed by atoms with Gasteiger partial charge in [-0.15, -0.1) is 18.3 Å². The SMILES string of the molecule is C=CCO[C@@]12Oc3ccc(OCCSc4ccccc4)cc3[C@H]3[C@H](CCCCO)[C@@H](CCCCO)C=C(C(=NOCc4ccccc4)C[C@@H]1N(CCOCCO)C(=O)c1ccc(C#N)cc1)[C@H]32. The minimum atomic E-state index is -1.49. The molecule has 354 valence electrons. The third-order valence-electron chi connectivity index (χ3n) is 12.9. The van der Waals surface area contributed by atoms with Crippen molar-refractivity contribution in [2.45, 2.75) is 74.2 Å². The fourth-order valence-corrected chi connectivity index (χ4v) is 10.7. The van der Waals surface area contributed by atoms with Crippen LogP contribution in [0.3, 0.4) is 0 Å². The smallest absolute Gasteiger partial charge is 0.254 e. The monoisotopic (exact) mass is 929 g/mol. The average molecular weight is 930 g/mol. The number of hydrogen-bond acceptors (Lipinski definition) is 12. The molecule has 1 aliphatic heterocycles. The van der Waals surface area contributed by atoms with Gasteiger partial charge in [0.05, 0.1) is 56.3 Å². The summed E-state index contributed by atoms with van der Waals surface area (Å²) >= 11 is 1.73. The first-order valence-corrected chi connectivity index (χ1v) is 24.5. The highest BCUT2D eigenvalue weighted by atomic mass is 32.2. The number of aliphatic hydroxyl groups is 3. The summed E-state index contributed by atoms with van der Waals surface area (Å²) in [6, 6.07) is 34.0. The number of nitriles is 1. The second-order valence-electron chi connectivity index (χ2n) is 17.1. The van der Waals surface area contributed by atoms with Crippen LogP contribution in [0.1, 0.15) is 77.9 Å². The predicted molar refractivity (Wildman–Crippen MR) is 259 cm³/mol. The van der Waals surface area contributed by atoms with Gasteiger partial charge in [0.1, 0.15) is 24.1 Å². The van der Waals surface area contributed by atoms with Crippen molar-refractivity contribution in [1.29, 1.82) is 5.26 Å². The third-order valence-corrected chi connectivity index (χ3v) is 13.8. The number of benzene rings is 4. The Kier molecular flexibility index (Phi) is 18.5. The van der Waals surface area contributed by atoms with Gasteiger partial charge < -0.3 is 44.0 Å². The highest BCUT2D eigenvalue weighted by Crippen LogP contribution is 2.62. The van der Waals surface area contributed by atoms with Crippen molar-refractivity contribution in [2.75, 3.05) is 58.5 Å². The molecule has 1 saturated carbocycles. The van der Waals surface area contributed by atoms with Gasteiger partial charge in [0.15, 0.2) is 0 Å². The van der Waals surface area contributed by atoms with E-state index in [9.17, 15) is 20.6 Å². The molecule has 12 nitrogen and oxygen atoms in total. The van der Waals surface area contributed by atoms with E-state index in [0.29, 0.717) is 47.8 Å². The van der Waals surface area contributed by atoms with Crippen LogP contribution in [0.25, 0.3) is 0 Å². The van der Waals surface area contributed by atoms with Gasteiger partial charge in [0, 0.05) is 53.9 Å². The summed E-state index contributed by atoms with van der Waals surface area (Å²) in [4.78, 5) is 24.3. The Morgan fingerprint density at radius 2 is 1.66 bits per heavy atom. The van der Waals surface area contributed by atoms with Crippen molar-refractivity contribution in [1.82, 2.24) is 4.90 Å². The molecule has 4 aromatic rings. The predicted octanol–water partition coefficient (Wildman–Crippen LogP) is 8.71. The Balaban J connectivity index is 1.40. The number of carbonyl (C=O) groups excluding carboxylic acids is 1. The molecule has 1 fully saturated rings. The van der Waals surface area contributed by atoms with Gasteiger partial charge in [-0.3, -0.25) is 4.79 Å². The Hall–Kier alpha value is -5.46. The largest absolute Gasteiger partial charge is 0.493 e. The van der Waals surface area contributed by atoms with E-state index in [4.69, 9.17) is 28.9 Å². The van der Waals surface area contributed by atoms with Crippen LogP contribution < -0.4 is 9.47 Å². The summed E-state index contributed by atoms with van der Waals surface area (Å²) in [7, 11) is 0. The number of rotatable bonds is 26. The van der Waals surface area contributed by atoms with E-state index < -0.39 is 17.7 Å². The molecule has 3 N–H and O–H groups in total. The van der Waals surface area contributed by atoms with E-state index in [1.165, 1.54) is 4.90 Å². The molecule has 6 atom stereocenters. The average Bonchev–Trinajstić information content (AvgIpc) is 3.36. The number of fused-ring (bicyclic) bond motifs is 2. The Morgan fingerprint density at radius 3 is 2.37 bits per heavy atom. The summed E-state index contributed by atoms with van der Waals surface area (Å²) in [5, 5.41) is 44.3. The molecule has 67 heavy (non-hydrogen) atoms. The topological polar surface area (TPSA) is 163 Å². The first-order chi connectivity index (χ1) is 32.9. The fraction of sp³-hybridized carbons (Fsp3) is 0.426. The van der Waals surface area contributed by atoms with E-state index in [0.717, 1.165) is 48.1 Å². The van der Waals surface area contributed by atoms with Crippen molar-refractivity contribution in [2.24, 2.45) is 22.9 Å². The van der Waals surface area contributed by atoms with Crippen molar-refractivity contribution in [3.63, 3.8) is 0 Å². The van der Waals surface area contributed by atoms with Crippen LogP contribution in [0.4, 0.5) is 0 Å². The maximum absolute atomic E-state index is 15.2. The lowest BCUT2D eigenvalue weighted by Crippen LogP contribution is -2.70. The molecule has 1 amide bonds. The standard InChI is InChI=1S/C54H63N3O9S/c1-2-29-64-54-50(57(25-30-62-31-28-60)53(61)41-21-19-39(37-55)20-22-41)36-48(56-65-38-40-13-5-3-6-14-40)46-34-42(15-9-11-26-58)45(18-10-12-27-59)51(52(46)54)47-35-43(23-24-49(47)66-54)63-32-33-67-44-16-7-4-8-17-44/h2-8,13-14,16-17,19-24,34-35,42,45,50-52,58-60H,1,9-12,15,18,25-33,36,38H2/t42-,45+,50-,51+,52+,54+/m0/s1. The van der Waals surface area contributed by atoms with E-state index >= 15 is 4.79 Å². The first kappa shape index (κ1) is 49.4. The summed E-state index contributed by atoms with van der Waals surface area (Å²) < 4.78 is 26.9. The molecule has 0 unspecified atom stereocenters. The highest BCUT2D eigenvalue weighted by Gasteiger charge is 2.65. The van der Waals surface area contributed by atoms with Crippen LogP contribution in [0.2, 0.25) is 0 Å². The quantitative estimate of drug-likeness (QED) is 0.0239. The third kappa shape index (κ3) is 12.2. The number of ether oxygens (including phenoxy) is 4. The Morgan fingerprint density at radius 1 is 0.910 bits per heavy atom. The fourth-order valence-electron chi connectivity index (χ4n) is 9.91. The second kappa shape index (κ2) is 25.1. The number of carbonyl (C=O) groups is 1. The number of oxime groups is 1. The lowest BCUT2D eigenvalue weighted by atomic mass is 9.55. The number of thioether (sulfide) groups is 1.